The molecule has 2 aromatic carbocycles. The highest BCUT2D eigenvalue weighted by Gasteiger charge is 2.13. The highest BCUT2D eigenvalue weighted by atomic mass is 16.7. The third kappa shape index (κ3) is 4.55. The van der Waals surface area contributed by atoms with Crippen LogP contribution in [0.2, 0.25) is 0 Å². The number of hydrogen-bond donors (Lipinski definition) is 1. The molecule has 1 aliphatic heterocycles. The van der Waals surface area contributed by atoms with Crippen molar-refractivity contribution in [3.63, 3.8) is 0 Å². The predicted molar refractivity (Wildman–Crippen MR) is 87.6 cm³/mol. The molecule has 0 fully saturated rings. The van der Waals surface area contributed by atoms with Crippen LogP contribution in [0.3, 0.4) is 0 Å². The summed E-state index contributed by atoms with van der Waals surface area (Å²) in [6.45, 7) is 1.39. The van der Waals surface area contributed by atoms with Gasteiger partial charge in [0.25, 0.3) is 0 Å². The molecule has 0 saturated heterocycles. The van der Waals surface area contributed by atoms with E-state index in [0.717, 1.165) is 5.75 Å². The Morgan fingerprint density at radius 1 is 0.958 bits per heavy atom. The van der Waals surface area contributed by atoms with Gasteiger partial charge in [0.1, 0.15) is 18.1 Å². The van der Waals surface area contributed by atoms with Crippen molar-refractivity contribution < 1.29 is 23.7 Å². The van der Waals surface area contributed by atoms with E-state index in [1.54, 1.807) is 12.1 Å². The normalized spacial score (nSPS) is 11.8. The van der Waals surface area contributed by atoms with Crippen molar-refractivity contribution in [2.75, 3.05) is 26.6 Å². The Morgan fingerprint density at radius 3 is 2.62 bits per heavy atom. The minimum Gasteiger partial charge on any atom is -0.493 e. The zero-order valence-electron chi connectivity index (χ0n) is 13.2. The molecule has 0 atom stereocenters. The molecular weight excluding hydrogens is 310 g/mol. The standard InChI is InChI=1S/C18H19NO5/c20-18(8-10-21-14-4-2-1-3-5-14)19-9-11-22-15-6-7-16-17(12-15)24-13-23-16/h1-7,12H,8-11,13H2,(H,19,20). The quantitative estimate of drug-likeness (QED) is 0.753. The molecule has 3 rings (SSSR count). The minimum absolute atomic E-state index is 0.0692. The van der Waals surface area contributed by atoms with Gasteiger partial charge < -0.3 is 24.3 Å². The second-order valence-corrected chi connectivity index (χ2v) is 5.12. The van der Waals surface area contributed by atoms with E-state index in [9.17, 15) is 4.79 Å². The van der Waals surface area contributed by atoms with Crippen molar-refractivity contribution in [1.82, 2.24) is 5.32 Å². The third-order valence-corrected chi connectivity index (χ3v) is 3.38. The first-order chi connectivity index (χ1) is 11.8. The maximum Gasteiger partial charge on any atom is 0.231 e. The Bertz CT molecular complexity index is 674. The van der Waals surface area contributed by atoms with E-state index < -0.39 is 0 Å². The van der Waals surface area contributed by atoms with E-state index in [1.807, 2.05) is 36.4 Å². The summed E-state index contributed by atoms with van der Waals surface area (Å²) >= 11 is 0. The van der Waals surface area contributed by atoms with Crippen molar-refractivity contribution in [3.05, 3.63) is 48.5 Å². The molecule has 1 heterocycles. The summed E-state index contributed by atoms with van der Waals surface area (Å²) in [5.41, 5.74) is 0. The van der Waals surface area contributed by atoms with Gasteiger partial charge in [-0.3, -0.25) is 4.79 Å². The lowest BCUT2D eigenvalue weighted by atomic mass is 10.3. The van der Waals surface area contributed by atoms with E-state index >= 15 is 0 Å². The summed E-state index contributed by atoms with van der Waals surface area (Å²) in [6.07, 6.45) is 0.304. The first-order valence-electron chi connectivity index (χ1n) is 7.78. The number of hydrogen-bond acceptors (Lipinski definition) is 5. The van der Waals surface area contributed by atoms with Gasteiger partial charge in [-0.2, -0.15) is 0 Å². The number of benzene rings is 2. The largest absolute Gasteiger partial charge is 0.493 e. The van der Waals surface area contributed by atoms with Gasteiger partial charge in [0.15, 0.2) is 11.5 Å². The molecule has 0 aliphatic carbocycles. The topological polar surface area (TPSA) is 66.0 Å². The van der Waals surface area contributed by atoms with Gasteiger partial charge in [0.05, 0.1) is 19.6 Å². The first kappa shape index (κ1) is 16.0. The summed E-state index contributed by atoms with van der Waals surface area (Å²) in [7, 11) is 0. The molecule has 0 spiro atoms. The molecule has 1 N–H and O–H groups in total. The second-order valence-electron chi connectivity index (χ2n) is 5.12. The SMILES string of the molecule is O=C(CCOc1ccccc1)NCCOc1ccc2c(c1)OCO2. The Labute approximate surface area is 140 Å². The van der Waals surface area contributed by atoms with Gasteiger partial charge in [-0.05, 0) is 24.3 Å². The number of amides is 1. The summed E-state index contributed by atoms with van der Waals surface area (Å²) in [6, 6.07) is 14.8. The predicted octanol–water partition coefficient (Wildman–Crippen LogP) is 2.38. The molecule has 126 valence electrons. The van der Waals surface area contributed by atoms with Crippen molar-refractivity contribution in [2.45, 2.75) is 6.42 Å². The van der Waals surface area contributed by atoms with Crippen LogP contribution in [0, 0.1) is 0 Å². The van der Waals surface area contributed by atoms with Gasteiger partial charge >= 0.3 is 0 Å². The van der Waals surface area contributed by atoms with Gasteiger partial charge in [0, 0.05) is 6.07 Å². The molecule has 0 radical (unpaired) electrons. The number of para-hydroxylation sites is 1. The fourth-order valence-corrected chi connectivity index (χ4v) is 2.19. The Hall–Kier alpha value is -2.89. The molecule has 6 nitrogen and oxygen atoms in total. The molecule has 2 aromatic rings. The number of ether oxygens (including phenoxy) is 4. The summed E-state index contributed by atoms with van der Waals surface area (Å²) in [4.78, 5) is 11.7. The van der Waals surface area contributed by atoms with Crippen LogP contribution >= 0.6 is 0 Å². The van der Waals surface area contributed by atoms with E-state index in [0.29, 0.717) is 43.4 Å². The Balaban J connectivity index is 1.29. The maximum atomic E-state index is 11.7. The summed E-state index contributed by atoms with van der Waals surface area (Å²) < 4.78 is 21.6. The van der Waals surface area contributed by atoms with Crippen LogP contribution in [0.4, 0.5) is 0 Å². The zero-order valence-corrected chi connectivity index (χ0v) is 13.2. The van der Waals surface area contributed by atoms with Crippen molar-refractivity contribution >= 4 is 5.91 Å². The van der Waals surface area contributed by atoms with Gasteiger partial charge in [-0.1, -0.05) is 18.2 Å². The summed E-state index contributed by atoms with van der Waals surface area (Å²) in [5.74, 6) is 2.77. The second kappa shape index (κ2) is 8.10. The molecular formula is C18H19NO5. The molecule has 24 heavy (non-hydrogen) atoms. The van der Waals surface area contributed by atoms with E-state index in [4.69, 9.17) is 18.9 Å². The van der Waals surface area contributed by atoms with Crippen LogP contribution in [0.1, 0.15) is 6.42 Å². The molecule has 6 heteroatoms. The van der Waals surface area contributed by atoms with Crippen molar-refractivity contribution in [1.29, 1.82) is 0 Å². The molecule has 1 amide bonds. The highest BCUT2D eigenvalue weighted by molar-refractivity contribution is 5.75. The van der Waals surface area contributed by atoms with Crippen LogP contribution in [0.5, 0.6) is 23.0 Å². The van der Waals surface area contributed by atoms with E-state index in [2.05, 4.69) is 5.32 Å². The first-order valence-corrected chi connectivity index (χ1v) is 7.78. The van der Waals surface area contributed by atoms with E-state index in [1.165, 1.54) is 0 Å². The molecule has 0 aromatic heterocycles. The lowest BCUT2D eigenvalue weighted by Crippen LogP contribution is -2.29. The smallest absolute Gasteiger partial charge is 0.231 e. The summed E-state index contributed by atoms with van der Waals surface area (Å²) in [5, 5.41) is 2.79. The minimum atomic E-state index is -0.0692. The molecule has 0 bridgehead atoms. The van der Waals surface area contributed by atoms with Crippen LogP contribution in [-0.2, 0) is 4.79 Å². The Morgan fingerprint density at radius 2 is 1.75 bits per heavy atom. The molecule has 0 saturated carbocycles. The Kier molecular flexibility index (Phi) is 5.40. The lowest BCUT2D eigenvalue weighted by Gasteiger charge is -2.09. The number of carbonyl (C=O) groups excluding carboxylic acids is 1. The van der Waals surface area contributed by atoms with E-state index in [-0.39, 0.29) is 12.7 Å². The van der Waals surface area contributed by atoms with Gasteiger partial charge in [-0.25, -0.2) is 0 Å². The lowest BCUT2D eigenvalue weighted by molar-refractivity contribution is -0.121. The zero-order chi connectivity index (χ0) is 16.6. The number of nitrogens with one attached hydrogen (secondary N) is 1. The van der Waals surface area contributed by atoms with Crippen LogP contribution in [0.15, 0.2) is 48.5 Å². The maximum absolute atomic E-state index is 11.7. The fourth-order valence-electron chi connectivity index (χ4n) is 2.19. The highest BCUT2D eigenvalue weighted by Crippen LogP contribution is 2.34. The number of rotatable bonds is 8. The number of carbonyl (C=O) groups is 1. The van der Waals surface area contributed by atoms with Crippen LogP contribution in [-0.4, -0.2) is 32.5 Å². The number of fused-ring (bicyclic) bond motifs is 1. The average molecular weight is 329 g/mol. The average Bonchev–Trinajstić information content (AvgIpc) is 3.07. The third-order valence-electron chi connectivity index (χ3n) is 3.38. The molecule has 0 unspecified atom stereocenters. The van der Waals surface area contributed by atoms with Crippen molar-refractivity contribution in [2.24, 2.45) is 0 Å². The van der Waals surface area contributed by atoms with Crippen molar-refractivity contribution in [3.8, 4) is 23.0 Å². The van der Waals surface area contributed by atoms with Gasteiger partial charge in [-0.15, -0.1) is 0 Å². The van der Waals surface area contributed by atoms with Crippen LogP contribution in [0.25, 0.3) is 0 Å². The van der Waals surface area contributed by atoms with Crippen LogP contribution < -0.4 is 24.3 Å². The molecule has 1 aliphatic rings. The monoisotopic (exact) mass is 329 g/mol. The van der Waals surface area contributed by atoms with Gasteiger partial charge in [0.2, 0.25) is 12.7 Å². The fraction of sp³-hybridized carbons (Fsp3) is 0.278.